The molecule has 0 saturated heterocycles. The van der Waals surface area contributed by atoms with Gasteiger partial charge in [0.2, 0.25) is 0 Å². The van der Waals surface area contributed by atoms with E-state index in [2.05, 4.69) is 4.98 Å². The van der Waals surface area contributed by atoms with Gasteiger partial charge >= 0.3 is 5.82 Å². The van der Waals surface area contributed by atoms with Crippen molar-refractivity contribution in [1.29, 1.82) is 0 Å². The van der Waals surface area contributed by atoms with Crippen LogP contribution >= 0.6 is 11.6 Å². The molecule has 0 unspecified atom stereocenters. The zero-order valence-electron chi connectivity index (χ0n) is 11.6. The normalized spacial score (nSPS) is 12.0. The molecule has 0 aliphatic rings. The molecule has 1 atom stereocenters. The lowest BCUT2D eigenvalue weighted by Gasteiger charge is -2.14. The molecule has 0 spiro atoms. The molecule has 116 valence electrons. The van der Waals surface area contributed by atoms with Crippen LogP contribution in [0.25, 0.3) is 0 Å². The van der Waals surface area contributed by atoms with E-state index in [9.17, 15) is 14.5 Å². The maximum Gasteiger partial charge on any atom is 0.363 e. The zero-order chi connectivity index (χ0) is 16.3. The average molecular weight is 326 g/mol. The number of benzene rings is 1. The molecule has 22 heavy (non-hydrogen) atoms. The van der Waals surface area contributed by atoms with Gasteiger partial charge in [-0.2, -0.15) is 0 Å². The number of hydrogen-bond donors (Lipinski definition) is 1. The van der Waals surface area contributed by atoms with Crippen molar-refractivity contribution in [2.24, 2.45) is 5.73 Å². The molecule has 2 rings (SSSR count). The Balaban J connectivity index is 2.34. The molecule has 1 aromatic heterocycles. The van der Waals surface area contributed by atoms with E-state index in [1.54, 1.807) is 0 Å². The predicted molar refractivity (Wildman–Crippen MR) is 79.6 cm³/mol. The quantitative estimate of drug-likeness (QED) is 0.663. The van der Waals surface area contributed by atoms with Crippen molar-refractivity contribution in [3.05, 3.63) is 57.0 Å². The van der Waals surface area contributed by atoms with Crippen molar-refractivity contribution in [1.82, 2.24) is 4.98 Å². The largest absolute Gasteiger partial charge is 0.449 e. The molecule has 0 amide bonds. The summed E-state index contributed by atoms with van der Waals surface area (Å²) in [5.41, 5.74) is 6.12. The van der Waals surface area contributed by atoms with Crippen LogP contribution < -0.4 is 10.5 Å². The number of nitrogens with two attached hydrogens (primary N) is 1. The Hall–Kier alpha value is -2.25. The van der Waals surface area contributed by atoms with Gasteiger partial charge in [0.25, 0.3) is 0 Å². The minimum Gasteiger partial charge on any atom is -0.449 e. The standard InChI is InChI=1S/C14H13ClFN3O3/c1-2-11(17)9-4-5-10(15)14(13(9)16)22-8-3-6-12(18-7-8)19(20)21/h3-7,11H,2,17H2,1H3/t11-/m1/s1. The number of nitro groups is 1. The lowest BCUT2D eigenvalue weighted by molar-refractivity contribution is -0.389. The molecule has 0 bridgehead atoms. The third-order valence-electron chi connectivity index (χ3n) is 3.05. The van der Waals surface area contributed by atoms with Crippen molar-refractivity contribution in [2.45, 2.75) is 19.4 Å². The maximum atomic E-state index is 14.4. The monoisotopic (exact) mass is 325 g/mol. The van der Waals surface area contributed by atoms with Crippen molar-refractivity contribution < 1.29 is 14.1 Å². The fourth-order valence-electron chi connectivity index (χ4n) is 1.81. The molecule has 0 aliphatic heterocycles. The summed E-state index contributed by atoms with van der Waals surface area (Å²) < 4.78 is 19.8. The second-order valence-electron chi connectivity index (χ2n) is 4.51. The van der Waals surface area contributed by atoms with Crippen LogP contribution in [0.3, 0.4) is 0 Å². The number of aromatic nitrogens is 1. The van der Waals surface area contributed by atoms with Crippen molar-refractivity contribution in [2.75, 3.05) is 0 Å². The third kappa shape index (κ3) is 3.32. The van der Waals surface area contributed by atoms with Crippen LogP contribution in [-0.4, -0.2) is 9.91 Å². The molecule has 0 radical (unpaired) electrons. The smallest absolute Gasteiger partial charge is 0.363 e. The molecule has 6 nitrogen and oxygen atoms in total. The van der Waals surface area contributed by atoms with Gasteiger partial charge in [-0.05, 0) is 28.5 Å². The van der Waals surface area contributed by atoms with E-state index in [1.165, 1.54) is 18.2 Å². The van der Waals surface area contributed by atoms with Crippen molar-refractivity contribution >= 4 is 17.4 Å². The zero-order valence-corrected chi connectivity index (χ0v) is 12.4. The fraction of sp³-hybridized carbons (Fsp3) is 0.214. The average Bonchev–Trinajstić information content (AvgIpc) is 2.51. The summed E-state index contributed by atoms with van der Waals surface area (Å²) in [6, 6.07) is 4.99. The highest BCUT2D eigenvalue weighted by atomic mass is 35.5. The number of halogens is 2. The van der Waals surface area contributed by atoms with Crippen LogP contribution in [0.5, 0.6) is 11.5 Å². The summed E-state index contributed by atoms with van der Waals surface area (Å²) in [7, 11) is 0. The third-order valence-corrected chi connectivity index (χ3v) is 3.34. The molecule has 1 aromatic carbocycles. The molecular formula is C14H13ClFN3O3. The van der Waals surface area contributed by atoms with Crippen LogP contribution in [0.2, 0.25) is 5.02 Å². The molecule has 2 N–H and O–H groups in total. The Morgan fingerprint density at radius 2 is 2.18 bits per heavy atom. The van der Waals surface area contributed by atoms with Crippen molar-refractivity contribution in [3.8, 4) is 11.5 Å². The van der Waals surface area contributed by atoms with Crippen LogP contribution in [-0.2, 0) is 0 Å². The molecule has 2 aromatic rings. The molecule has 1 heterocycles. The van der Waals surface area contributed by atoms with E-state index in [0.717, 1.165) is 12.3 Å². The lowest BCUT2D eigenvalue weighted by Crippen LogP contribution is -2.11. The topological polar surface area (TPSA) is 91.3 Å². The molecule has 0 saturated carbocycles. The summed E-state index contributed by atoms with van der Waals surface area (Å²) in [6.07, 6.45) is 1.68. The first kappa shape index (κ1) is 16.1. The Labute approximate surface area is 130 Å². The highest BCUT2D eigenvalue weighted by Crippen LogP contribution is 2.35. The summed E-state index contributed by atoms with van der Waals surface area (Å²) in [4.78, 5) is 13.5. The molecule has 0 fully saturated rings. The fourth-order valence-corrected chi connectivity index (χ4v) is 1.99. The lowest BCUT2D eigenvalue weighted by atomic mass is 10.0. The Kier molecular flexibility index (Phi) is 4.89. The first-order chi connectivity index (χ1) is 10.4. The van der Waals surface area contributed by atoms with E-state index < -0.39 is 16.8 Å². The summed E-state index contributed by atoms with van der Waals surface area (Å²) in [5.74, 6) is -1.03. The molecule has 0 aliphatic carbocycles. The number of nitrogens with zero attached hydrogens (tertiary/aromatic N) is 2. The van der Waals surface area contributed by atoms with Gasteiger partial charge < -0.3 is 20.6 Å². The highest BCUT2D eigenvalue weighted by molar-refractivity contribution is 6.32. The predicted octanol–water partition coefficient (Wildman–Crippen LogP) is 3.98. The van der Waals surface area contributed by atoms with E-state index in [0.29, 0.717) is 6.42 Å². The molecule has 8 heteroatoms. The number of hydrogen-bond acceptors (Lipinski definition) is 5. The van der Waals surface area contributed by atoms with Gasteiger partial charge in [0, 0.05) is 17.7 Å². The van der Waals surface area contributed by atoms with Gasteiger partial charge in [-0.15, -0.1) is 0 Å². The van der Waals surface area contributed by atoms with Crippen LogP contribution in [0.15, 0.2) is 30.5 Å². The summed E-state index contributed by atoms with van der Waals surface area (Å²) >= 11 is 5.95. The molecular weight excluding hydrogens is 313 g/mol. The van der Waals surface area contributed by atoms with Gasteiger partial charge in [0.15, 0.2) is 23.5 Å². The van der Waals surface area contributed by atoms with Crippen LogP contribution in [0, 0.1) is 15.9 Å². The van der Waals surface area contributed by atoms with E-state index in [4.69, 9.17) is 22.1 Å². The number of ether oxygens (including phenoxy) is 1. The highest BCUT2D eigenvalue weighted by Gasteiger charge is 2.19. The Morgan fingerprint density at radius 1 is 1.45 bits per heavy atom. The van der Waals surface area contributed by atoms with Gasteiger partial charge in [-0.1, -0.05) is 24.6 Å². The SMILES string of the molecule is CC[C@@H](N)c1ccc(Cl)c(Oc2ccc([N+](=O)[O-])nc2)c1F. The van der Waals surface area contributed by atoms with Crippen LogP contribution in [0.4, 0.5) is 10.2 Å². The summed E-state index contributed by atoms with van der Waals surface area (Å²) in [5, 5.41) is 10.6. The minimum absolute atomic E-state index is 0.0721. The van der Waals surface area contributed by atoms with E-state index in [-0.39, 0.29) is 27.9 Å². The summed E-state index contributed by atoms with van der Waals surface area (Å²) in [6.45, 7) is 1.83. The number of rotatable bonds is 5. The number of pyridine rings is 1. The van der Waals surface area contributed by atoms with Gasteiger partial charge in [0.1, 0.15) is 0 Å². The minimum atomic E-state index is -0.653. The second kappa shape index (κ2) is 6.67. The Bertz CT molecular complexity index is 694. The van der Waals surface area contributed by atoms with E-state index in [1.807, 2.05) is 6.92 Å². The van der Waals surface area contributed by atoms with Gasteiger partial charge in [0.05, 0.1) is 5.02 Å². The first-order valence-electron chi connectivity index (χ1n) is 6.45. The van der Waals surface area contributed by atoms with Gasteiger partial charge in [-0.25, -0.2) is 4.39 Å². The second-order valence-corrected chi connectivity index (χ2v) is 4.91. The van der Waals surface area contributed by atoms with Crippen molar-refractivity contribution in [3.63, 3.8) is 0 Å². The van der Waals surface area contributed by atoms with Crippen LogP contribution in [0.1, 0.15) is 24.9 Å². The maximum absolute atomic E-state index is 14.4. The Morgan fingerprint density at radius 3 is 2.73 bits per heavy atom. The first-order valence-corrected chi connectivity index (χ1v) is 6.83. The van der Waals surface area contributed by atoms with E-state index >= 15 is 0 Å². The van der Waals surface area contributed by atoms with Gasteiger partial charge in [-0.3, -0.25) is 0 Å².